The molecule has 0 bridgehead atoms. The van der Waals surface area contributed by atoms with Crippen molar-refractivity contribution in [1.29, 1.82) is 0 Å². The van der Waals surface area contributed by atoms with Crippen molar-refractivity contribution in [3.8, 4) is 0 Å². The van der Waals surface area contributed by atoms with Crippen LogP contribution in [0.1, 0.15) is 25.8 Å². The summed E-state index contributed by atoms with van der Waals surface area (Å²) in [6, 6.07) is 2.83. The SMILES string of the molecule is CNCc1cc(F)c(N2CCC(C)(C)C2)c(F)c1. The lowest BCUT2D eigenvalue weighted by atomic mass is 9.93. The van der Waals surface area contributed by atoms with E-state index in [-0.39, 0.29) is 11.1 Å². The third-order valence-corrected chi connectivity index (χ3v) is 3.45. The Balaban J connectivity index is 2.29. The Morgan fingerprint density at radius 2 is 1.89 bits per heavy atom. The van der Waals surface area contributed by atoms with Gasteiger partial charge in [-0.2, -0.15) is 0 Å². The number of hydrogen-bond donors (Lipinski definition) is 1. The highest BCUT2D eigenvalue weighted by atomic mass is 19.1. The van der Waals surface area contributed by atoms with Crippen LogP contribution < -0.4 is 10.2 Å². The molecule has 4 heteroatoms. The van der Waals surface area contributed by atoms with Crippen molar-refractivity contribution in [1.82, 2.24) is 5.32 Å². The van der Waals surface area contributed by atoms with Crippen LogP contribution in [0, 0.1) is 17.0 Å². The third-order valence-electron chi connectivity index (χ3n) is 3.45. The zero-order valence-electron chi connectivity index (χ0n) is 11.2. The lowest BCUT2D eigenvalue weighted by Gasteiger charge is -2.23. The van der Waals surface area contributed by atoms with Gasteiger partial charge < -0.3 is 10.2 Å². The summed E-state index contributed by atoms with van der Waals surface area (Å²) in [6.45, 7) is 6.13. The Labute approximate surface area is 107 Å². The summed E-state index contributed by atoms with van der Waals surface area (Å²) in [6.07, 6.45) is 0.962. The minimum Gasteiger partial charge on any atom is -0.366 e. The van der Waals surface area contributed by atoms with Crippen LogP contribution in [0.25, 0.3) is 0 Å². The molecule has 1 N–H and O–H groups in total. The fourth-order valence-corrected chi connectivity index (χ4v) is 2.53. The monoisotopic (exact) mass is 254 g/mol. The fourth-order valence-electron chi connectivity index (χ4n) is 2.53. The first-order valence-corrected chi connectivity index (χ1v) is 6.30. The summed E-state index contributed by atoms with van der Waals surface area (Å²) in [5, 5.41) is 2.89. The van der Waals surface area contributed by atoms with E-state index in [0.717, 1.165) is 6.42 Å². The fraction of sp³-hybridized carbons (Fsp3) is 0.571. The molecule has 0 saturated carbocycles. The topological polar surface area (TPSA) is 15.3 Å². The summed E-state index contributed by atoms with van der Waals surface area (Å²) < 4.78 is 28.1. The van der Waals surface area contributed by atoms with Gasteiger partial charge in [-0.15, -0.1) is 0 Å². The molecule has 1 heterocycles. The normalized spacial score (nSPS) is 18.4. The molecular weight excluding hydrogens is 234 g/mol. The summed E-state index contributed by atoms with van der Waals surface area (Å²) in [4.78, 5) is 1.81. The van der Waals surface area contributed by atoms with E-state index in [0.29, 0.717) is 25.2 Å². The molecule has 1 aliphatic heterocycles. The van der Waals surface area contributed by atoms with Gasteiger partial charge in [-0.3, -0.25) is 0 Å². The molecule has 100 valence electrons. The van der Waals surface area contributed by atoms with E-state index in [2.05, 4.69) is 19.2 Å². The first-order valence-electron chi connectivity index (χ1n) is 6.30. The van der Waals surface area contributed by atoms with Gasteiger partial charge in [-0.25, -0.2) is 8.78 Å². The predicted octanol–water partition coefficient (Wildman–Crippen LogP) is 2.92. The average molecular weight is 254 g/mol. The van der Waals surface area contributed by atoms with Gasteiger partial charge in [-0.1, -0.05) is 13.8 Å². The van der Waals surface area contributed by atoms with E-state index in [1.807, 2.05) is 4.90 Å². The maximum Gasteiger partial charge on any atom is 0.149 e. The molecular formula is C14H20F2N2. The van der Waals surface area contributed by atoms with Gasteiger partial charge in [0, 0.05) is 19.6 Å². The number of nitrogens with one attached hydrogen (secondary N) is 1. The average Bonchev–Trinajstić information content (AvgIpc) is 2.58. The molecule has 0 unspecified atom stereocenters. The Bertz CT molecular complexity index is 420. The maximum absolute atomic E-state index is 14.0. The second kappa shape index (κ2) is 4.84. The van der Waals surface area contributed by atoms with Crippen LogP contribution in [-0.4, -0.2) is 20.1 Å². The Kier molecular flexibility index (Phi) is 3.57. The number of rotatable bonds is 3. The van der Waals surface area contributed by atoms with Crippen LogP contribution >= 0.6 is 0 Å². The summed E-state index contributed by atoms with van der Waals surface area (Å²) in [5.74, 6) is -0.920. The standard InChI is InChI=1S/C14H20F2N2/c1-14(2)4-5-18(9-14)13-11(15)6-10(8-17-3)7-12(13)16/h6-7,17H,4-5,8-9H2,1-3H3. The van der Waals surface area contributed by atoms with Crippen LogP contribution in [-0.2, 0) is 6.54 Å². The molecule has 1 aliphatic rings. The number of anilines is 1. The van der Waals surface area contributed by atoms with Crippen LogP contribution in [0.4, 0.5) is 14.5 Å². The van der Waals surface area contributed by atoms with Crippen LogP contribution in [0.15, 0.2) is 12.1 Å². The summed E-state index contributed by atoms with van der Waals surface area (Å²) in [7, 11) is 1.76. The molecule has 1 aromatic rings. The molecule has 2 nitrogen and oxygen atoms in total. The van der Waals surface area contributed by atoms with Crippen molar-refractivity contribution < 1.29 is 8.78 Å². The Hall–Kier alpha value is -1.16. The van der Waals surface area contributed by atoms with Gasteiger partial charge >= 0.3 is 0 Å². The van der Waals surface area contributed by atoms with Crippen LogP contribution in [0.2, 0.25) is 0 Å². The molecule has 0 atom stereocenters. The molecule has 0 aliphatic carbocycles. The lowest BCUT2D eigenvalue weighted by Crippen LogP contribution is -2.25. The highest BCUT2D eigenvalue weighted by molar-refractivity contribution is 5.52. The van der Waals surface area contributed by atoms with Gasteiger partial charge in [0.25, 0.3) is 0 Å². The van der Waals surface area contributed by atoms with E-state index >= 15 is 0 Å². The van der Waals surface area contributed by atoms with Crippen molar-refractivity contribution in [2.24, 2.45) is 5.41 Å². The van der Waals surface area contributed by atoms with Gasteiger partial charge in [-0.05, 0) is 36.6 Å². The van der Waals surface area contributed by atoms with Crippen molar-refractivity contribution in [3.63, 3.8) is 0 Å². The first kappa shape index (κ1) is 13.3. The quantitative estimate of drug-likeness (QED) is 0.892. The minimum absolute atomic E-state index is 0.125. The number of benzene rings is 1. The van der Waals surface area contributed by atoms with E-state index in [9.17, 15) is 8.78 Å². The van der Waals surface area contributed by atoms with Crippen LogP contribution in [0.5, 0.6) is 0 Å². The second-order valence-corrected chi connectivity index (χ2v) is 5.77. The Morgan fingerprint density at radius 3 is 2.33 bits per heavy atom. The molecule has 0 amide bonds. The van der Waals surface area contributed by atoms with E-state index in [1.54, 1.807) is 7.05 Å². The van der Waals surface area contributed by atoms with Gasteiger partial charge in [0.05, 0.1) is 0 Å². The van der Waals surface area contributed by atoms with E-state index < -0.39 is 11.6 Å². The van der Waals surface area contributed by atoms with Crippen molar-refractivity contribution in [3.05, 3.63) is 29.3 Å². The first-order chi connectivity index (χ1) is 8.43. The Morgan fingerprint density at radius 1 is 1.28 bits per heavy atom. The van der Waals surface area contributed by atoms with Gasteiger partial charge in [0.2, 0.25) is 0 Å². The largest absolute Gasteiger partial charge is 0.366 e. The molecule has 0 spiro atoms. The van der Waals surface area contributed by atoms with E-state index in [4.69, 9.17) is 0 Å². The van der Waals surface area contributed by atoms with Crippen molar-refractivity contribution >= 4 is 5.69 Å². The zero-order valence-corrected chi connectivity index (χ0v) is 11.2. The molecule has 0 radical (unpaired) electrons. The highest BCUT2D eigenvalue weighted by Crippen LogP contribution is 2.35. The van der Waals surface area contributed by atoms with Crippen LogP contribution in [0.3, 0.4) is 0 Å². The third kappa shape index (κ3) is 2.64. The highest BCUT2D eigenvalue weighted by Gasteiger charge is 2.32. The van der Waals surface area contributed by atoms with E-state index in [1.165, 1.54) is 12.1 Å². The number of hydrogen-bond acceptors (Lipinski definition) is 2. The lowest BCUT2D eigenvalue weighted by molar-refractivity contribution is 0.417. The molecule has 0 aromatic heterocycles. The number of nitrogens with zero attached hydrogens (tertiary/aromatic N) is 1. The molecule has 1 fully saturated rings. The molecule has 1 aromatic carbocycles. The maximum atomic E-state index is 14.0. The predicted molar refractivity (Wildman–Crippen MR) is 69.7 cm³/mol. The molecule has 1 saturated heterocycles. The molecule has 2 rings (SSSR count). The zero-order chi connectivity index (χ0) is 13.3. The van der Waals surface area contributed by atoms with Crippen molar-refractivity contribution in [2.75, 3.05) is 25.0 Å². The summed E-state index contributed by atoms with van der Waals surface area (Å²) in [5.41, 5.74) is 0.887. The number of halogens is 2. The minimum atomic E-state index is -0.460. The van der Waals surface area contributed by atoms with Gasteiger partial charge in [0.15, 0.2) is 0 Å². The smallest absolute Gasteiger partial charge is 0.149 e. The molecule has 18 heavy (non-hydrogen) atoms. The van der Waals surface area contributed by atoms with Crippen molar-refractivity contribution in [2.45, 2.75) is 26.8 Å². The van der Waals surface area contributed by atoms with Gasteiger partial charge in [0.1, 0.15) is 17.3 Å². The summed E-state index contributed by atoms with van der Waals surface area (Å²) >= 11 is 0. The second-order valence-electron chi connectivity index (χ2n) is 5.77.